The van der Waals surface area contributed by atoms with E-state index in [2.05, 4.69) is 49.9 Å². The Labute approximate surface area is 216 Å². The molecule has 3 aromatic rings. The summed E-state index contributed by atoms with van der Waals surface area (Å²) in [5, 5.41) is 5.13. The molecule has 0 fully saturated rings. The van der Waals surface area contributed by atoms with Gasteiger partial charge < -0.3 is 0 Å². The fourth-order valence-electron chi connectivity index (χ4n) is 4.73. The maximum Gasteiger partial charge on any atom is 0.0877 e. The number of thiophene rings is 2. The van der Waals surface area contributed by atoms with E-state index in [9.17, 15) is 0 Å². The maximum atomic E-state index is 2.51. The smallest absolute Gasteiger partial charge is 0.0877 e. The van der Waals surface area contributed by atoms with Crippen molar-refractivity contribution in [2.75, 3.05) is 0 Å². The van der Waals surface area contributed by atoms with E-state index in [1.807, 2.05) is 22.7 Å². The van der Waals surface area contributed by atoms with Crippen LogP contribution < -0.4 is 0 Å². The third-order valence-corrected chi connectivity index (χ3v) is 8.63. The molecule has 1 unspecified atom stereocenters. The van der Waals surface area contributed by atoms with Gasteiger partial charge in [0, 0.05) is 48.2 Å². The molecule has 0 nitrogen and oxygen atoms in total. The molecule has 1 aliphatic rings. The minimum Gasteiger partial charge on any atom is -0.220 e. The van der Waals surface area contributed by atoms with E-state index < -0.39 is 0 Å². The Balaban J connectivity index is 0.00000256. The van der Waals surface area contributed by atoms with Gasteiger partial charge in [-0.3, -0.25) is 0 Å². The van der Waals surface area contributed by atoms with Gasteiger partial charge >= 0.3 is 0 Å². The average molecular weight is 513 g/mol. The van der Waals surface area contributed by atoms with Crippen LogP contribution in [0.15, 0.2) is 29.2 Å². The van der Waals surface area contributed by atoms with Crippen molar-refractivity contribution >= 4 is 48.2 Å². The quantitative estimate of drug-likeness (QED) is 0.177. The van der Waals surface area contributed by atoms with Crippen molar-refractivity contribution in [2.45, 2.75) is 90.4 Å². The van der Waals surface area contributed by atoms with E-state index in [1.165, 1.54) is 101 Å². The fraction of sp³-hybridized carbons (Fsp3) is 0.519. The molecular weight excluding hydrogens is 477 g/mol. The maximum absolute atomic E-state index is 2.51. The Hall–Kier alpha value is -0.146. The summed E-state index contributed by atoms with van der Waals surface area (Å²) < 4.78 is 2.92. The predicted octanol–water partition coefficient (Wildman–Crippen LogP) is 10.1. The minimum atomic E-state index is 0. The van der Waals surface area contributed by atoms with Crippen molar-refractivity contribution in [2.24, 2.45) is 0 Å². The molecule has 1 aliphatic carbocycles. The van der Waals surface area contributed by atoms with Crippen molar-refractivity contribution in [3.63, 3.8) is 0 Å². The first-order chi connectivity index (χ1) is 14.3. The Morgan fingerprint density at radius 1 is 0.900 bits per heavy atom. The van der Waals surface area contributed by atoms with Gasteiger partial charge in [-0.2, -0.15) is 6.08 Å². The molecule has 159 valence electrons. The molecule has 1 radical (unpaired) electrons. The number of benzene rings is 1. The molecule has 0 saturated heterocycles. The first-order valence-corrected chi connectivity index (χ1v) is 13.4. The molecule has 2 heterocycles. The predicted molar refractivity (Wildman–Crippen MR) is 134 cm³/mol. The number of allylic oxidation sites excluding steroid dienone is 1. The molecule has 4 rings (SSSR count). The molecular formula is C27H35S2Y-. The van der Waals surface area contributed by atoms with Gasteiger partial charge in [-0.15, -0.1) is 28.2 Å². The topological polar surface area (TPSA) is 0 Å². The van der Waals surface area contributed by atoms with Crippen molar-refractivity contribution in [3.05, 3.63) is 46.7 Å². The summed E-state index contributed by atoms with van der Waals surface area (Å²) in [7, 11) is 0. The van der Waals surface area contributed by atoms with Crippen LogP contribution in [-0.2, 0) is 32.7 Å². The number of hydrogen-bond donors (Lipinski definition) is 0. The van der Waals surface area contributed by atoms with Crippen LogP contribution in [-0.4, -0.2) is 0 Å². The van der Waals surface area contributed by atoms with Crippen LogP contribution in [0.2, 0.25) is 0 Å². The molecule has 0 N–H and O–H groups in total. The Bertz CT molecular complexity index is 962. The monoisotopic (exact) mass is 512 g/mol. The summed E-state index contributed by atoms with van der Waals surface area (Å²) in [5.41, 5.74) is 4.53. The summed E-state index contributed by atoms with van der Waals surface area (Å²) in [6.07, 6.45) is 20.4. The zero-order chi connectivity index (χ0) is 20.1. The second-order valence-electron chi connectivity index (χ2n) is 8.81. The molecule has 0 amide bonds. The van der Waals surface area contributed by atoms with E-state index in [-0.39, 0.29) is 32.7 Å². The summed E-state index contributed by atoms with van der Waals surface area (Å²) in [4.78, 5) is 0. The van der Waals surface area contributed by atoms with Gasteiger partial charge in [0.25, 0.3) is 0 Å². The van der Waals surface area contributed by atoms with Gasteiger partial charge in [-0.1, -0.05) is 108 Å². The Morgan fingerprint density at radius 2 is 1.60 bits per heavy atom. The van der Waals surface area contributed by atoms with Crippen molar-refractivity contribution in [3.8, 4) is 0 Å². The zero-order valence-electron chi connectivity index (χ0n) is 18.7. The zero-order valence-corrected chi connectivity index (χ0v) is 23.2. The van der Waals surface area contributed by atoms with E-state index >= 15 is 0 Å². The van der Waals surface area contributed by atoms with Crippen molar-refractivity contribution in [1.82, 2.24) is 0 Å². The molecule has 0 saturated carbocycles. The summed E-state index contributed by atoms with van der Waals surface area (Å²) in [6, 6.07) is 7.20. The molecule has 0 spiro atoms. The Morgan fingerprint density at radius 3 is 2.33 bits per heavy atom. The normalized spacial score (nSPS) is 15.7. The van der Waals surface area contributed by atoms with Gasteiger partial charge in [-0.05, 0) is 11.4 Å². The molecule has 1 atom stereocenters. The second kappa shape index (κ2) is 12.2. The number of rotatable bonds is 11. The Kier molecular flexibility index (Phi) is 9.95. The van der Waals surface area contributed by atoms with E-state index in [0.29, 0.717) is 5.92 Å². The second-order valence-corrected chi connectivity index (χ2v) is 11.0. The van der Waals surface area contributed by atoms with Crippen LogP contribution in [0.4, 0.5) is 0 Å². The van der Waals surface area contributed by atoms with E-state index in [4.69, 9.17) is 0 Å². The molecule has 2 aromatic heterocycles. The van der Waals surface area contributed by atoms with Gasteiger partial charge in [-0.25, -0.2) is 12.0 Å². The van der Waals surface area contributed by atoms with Crippen molar-refractivity contribution < 1.29 is 32.7 Å². The van der Waals surface area contributed by atoms with Gasteiger partial charge in [0.05, 0.1) is 4.01 Å². The molecule has 0 aliphatic heterocycles. The number of fused-ring (bicyclic) bond motifs is 4. The minimum absolute atomic E-state index is 0. The molecule has 0 bridgehead atoms. The van der Waals surface area contributed by atoms with Crippen LogP contribution in [0.1, 0.15) is 102 Å². The van der Waals surface area contributed by atoms with E-state index in [1.54, 1.807) is 5.57 Å². The standard InChI is InChI=1S/C27H35S2.Y/c1-3-4-5-6-7-8-9-10-11-12-13-21-16-20(2)24-19-25-23-14-15-28-27(23)29-26(25)18-22(24)17-21;/h14-20H,3-13H2,1-2H3;/q-1;. The van der Waals surface area contributed by atoms with Gasteiger partial charge in [0.15, 0.2) is 0 Å². The fourth-order valence-corrected chi connectivity index (χ4v) is 6.94. The average Bonchev–Trinajstić information content (AvgIpc) is 3.29. The number of hydrogen-bond acceptors (Lipinski definition) is 2. The van der Waals surface area contributed by atoms with Crippen LogP contribution in [0, 0.1) is 6.42 Å². The third-order valence-electron chi connectivity index (χ3n) is 6.42. The van der Waals surface area contributed by atoms with Crippen LogP contribution in [0.25, 0.3) is 25.6 Å². The van der Waals surface area contributed by atoms with Crippen LogP contribution in [0.3, 0.4) is 0 Å². The molecule has 30 heavy (non-hydrogen) atoms. The molecule has 1 aromatic carbocycles. The SMILES string of the molecule is CCCCCCCCCCCCC1=Cc2cc3sc4sccc4c3cc2C(C)[CH-]1.[Y]. The van der Waals surface area contributed by atoms with E-state index in [0.717, 1.165) is 0 Å². The largest absolute Gasteiger partial charge is 0.220 e. The summed E-state index contributed by atoms with van der Waals surface area (Å²) in [5.74, 6) is 0.533. The van der Waals surface area contributed by atoms with Crippen LogP contribution in [0.5, 0.6) is 0 Å². The molecule has 3 heteroatoms. The first-order valence-electron chi connectivity index (χ1n) is 11.8. The van der Waals surface area contributed by atoms with Gasteiger partial charge in [0.2, 0.25) is 0 Å². The first kappa shape index (κ1) is 24.5. The third kappa shape index (κ3) is 6.00. The summed E-state index contributed by atoms with van der Waals surface area (Å²) in [6.45, 7) is 4.66. The van der Waals surface area contributed by atoms with Crippen molar-refractivity contribution in [1.29, 1.82) is 0 Å². The number of unbranched alkanes of at least 4 members (excludes halogenated alkanes) is 9. The summed E-state index contributed by atoms with van der Waals surface area (Å²) >= 11 is 3.83. The van der Waals surface area contributed by atoms with Gasteiger partial charge in [0.1, 0.15) is 0 Å². The van der Waals surface area contributed by atoms with Crippen LogP contribution >= 0.6 is 22.7 Å².